The van der Waals surface area contributed by atoms with Gasteiger partial charge in [0.25, 0.3) is 0 Å². The number of esters is 2. The van der Waals surface area contributed by atoms with E-state index in [0.29, 0.717) is 16.5 Å². The van der Waals surface area contributed by atoms with Crippen molar-refractivity contribution < 1.29 is 37.0 Å². The van der Waals surface area contributed by atoms with Gasteiger partial charge in [0.1, 0.15) is 0 Å². The Kier molecular flexibility index (Phi) is 7.31. The van der Waals surface area contributed by atoms with Crippen LogP contribution < -0.4 is 9.20 Å². The summed E-state index contributed by atoms with van der Waals surface area (Å²) in [4.78, 5) is 25.3. The van der Waals surface area contributed by atoms with Gasteiger partial charge in [-0.25, -0.2) is 0 Å². The molecule has 2 aromatic rings. The van der Waals surface area contributed by atoms with Crippen molar-refractivity contribution in [3.63, 3.8) is 0 Å². The summed E-state index contributed by atoms with van der Waals surface area (Å²) in [5.74, 6) is -2.00. The summed E-state index contributed by atoms with van der Waals surface area (Å²) in [6.07, 6.45) is -3.09. The number of methoxy groups -OCH3 is 2. The van der Waals surface area contributed by atoms with E-state index in [0.717, 1.165) is 4.46 Å². The second-order valence-electron chi connectivity index (χ2n) is 7.15. The van der Waals surface area contributed by atoms with E-state index in [-0.39, 0.29) is 33.0 Å². The van der Waals surface area contributed by atoms with Crippen molar-refractivity contribution in [2.75, 3.05) is 14.2 Å². The number of hydrogen-bond acceptors (Lipinski definition) is 5. The Morgan fingerprint density at radius 2 is 1.59 bits per heavy atom. The Hall–Kier alpha value is -2.77. The predicted molar refractivity (Wildman–Crippen MR) is 112 cm³/mol. The quantitative estimate of drug-likeness (QED) is 0.321. The zero-order valence-electron chi connectivity index (χ0n) is 17.3. The standard InChI is InChI=1S/C23H21F3O5Se/c1-29-20(27)22(21(28)30-2)12-16(14-32-18-6-4-3-5-7-18)19(13-22)15-8-10-17(11-9-15)31-23(24,25)26/h3-11,13,16H,12,14H2,1-2H3. The molecule has 0 spiro atoms. The Labute approximate surface area is 189 Å². The molecule has 1 aliphatic carbocycles. The van der Waals surface area contributed by atoms with Gasteiger partial charge in [0, 0.05) is 0 Å². The molecule has 0 saturated heterocycles. The number of carbonyl (C=O) groups excluding carboxylic acids is 2. The van der Waals surface area contributed by atoms with Crippen molar-refractivity contribution in [1.29, 1.82) is 0 Å². The zero-order chi connectivity index (χ0) is 23.4. The molecule has 0 aliphatic heterocycles. The van der Waals surface area contributed by atoms with Crippen molar-refractivity contribution in [3.05, 3.63) is 66.2 Å². The summed E-state index contributed by atoms with van der Waals surface area (Å²) in [5, 5.41) is 0.680. The van der Waals surface area contributed by atoms with Crippen molar-refractivity contribution in [3.8, 4) is 5.75 Å². The number of ether oxygens (including phenoxy) is 3. The van der Waals surface area contributed by atoms with Crippen molar-refractivity contribution in [1.82, 2.24) is 0 Å². The third kappa shape index (κ3) is 5.34. The molecule has 0 N–H and O–H groups in total. The molecule has 0 radical (unpaired) electrons. The number of rotatable bonds is 7. The van der Waals surface area contributed by atoms with Gasteiger partial charge in [0.05, 0.1) is 0 Å². The molecular formula is C23H21F3O5Se. The first-order chi connectivity index (χ1) is 15.2. The molecule has 0 heterocycles. The molecule has 2 aromatic carbocycles. The van der Waals surface area contributed by atoms with Crippen LogP contribution in [0, 0.1) is 11.3 Å². The SMILES string of the molecule is COC(=O)C1(C(=O)OC)C=C(c2ccc(OC(F)(F)F)cc2)C(C[Se]c2ccccc2)C1. The van der Waals surface area contributed by atoms with Crippen LogP contribution in [-0.2, 0) is 19.1 Å². The molecule has 0 bridgehead atoms. The Balaban J connectivity index is 1.95. The molecule has 0 amide bonds. The fourth-order valence-corrected chi connectivity index (χ4v) is 5.89. The molecular weight excluding hydrogens is 492 g/mol. The maximum absolute atomic E-state index is 12.6. The van der Waals surface area contributed by atoms with Gasteiger partial charge in [-0.1, -0.05) is 0 Å². The first-order valence-corrected chi connectivity index (χ1v) is 11.7. The molecule has 1 atom stereocenters. The van der Waals surface area contributed by atoms with Gasteiger partial charge in [-0.05, 0) is 0 Å². The summed E-state index contributed by atoms with van der Waals surface area (Å²) in [5.41, 5.74) is -0.308. The van der Waals surface area contributed by atoms with E-state index < -0.39 is 23.7 Å². The number of hydrogen-bond donors (Lipinski definition) is 0. The topological polar surface area (TPSA) is 61.8 Å². The van der Waals surface area contributed by atoms with Crippen LogP contribution in [0.1, 0.15) is 12.0 Å². The molecule has 0 fully saturated rings. The van der Waals surface area contributed by atoms with E-state index in [9.17, 15) is 22.8 Å². The van der Waals surface area contributed by atoms with Gasteiger partial charge in [-0.15, -0.1) is 0 Å². The minimum absolute atomic E-state index is 0.0483. The third-order valence-corrected chi connectivity index (χ3v) is 7.59. The van der Waals surface area contributed by atoms with Crippen molar-refractivity contribution in [2.24, 2.45) is 11.3 Å². The number of benzene rings is 2. The number of carbonyl (C=O) groups is 2. The Morgan fingerprint density at radius 3 is 2.12 bits per heavy atom. The predicted octanol–water partition coefficient (Wildman–Crippen LogP) is 3.77. The van der Waals surface area contributed by atoms with Crippen LogP contribution in [0.2, 0.25) is 5.32 Å². The zero-order valence-corrected chi connectivity index (χ0v) is 19.1. The average Bonchev–Trinajstić information content (AvgIpc) is 3.17. The monoisotopic (exact) mass is 514 g/mol. The van der Waals surface area contributed by atoms with Gasteiger partial charge in [-0.2, -0.15) is 0 Å². The van der Waals surface area contributed by atoms with E-state index in [1.54, 1.807) is 0 Å². The number of halogens is 3. The van der Waals surface area contributed by atoms with Crippen molar-refractivity contribution >= 4 is 36.9 Å². The number of alkyl halides is 3. The third-order valence-electron chi connectivity index (χ3n) is 5.13. The molecule has 5 nitrogen and oxygen atoms in total. The normalized spacial score (nSPS) is 17.4. The van der Waals surface area contributed by atoms with E-state index in [1.807, 2.05) is 30.3 Å². The molecule has 1 unspecified atom stereocenters. The van der Waals surface area contributed by atoms with E-state index in [2.05, 4.69) is 4.74 Å². The molecule has 9 heteroatoms. The van der Waals surface area contributed by atoms with Crippen LogP contribution in [0.25, 0.3) is 5.57 Å². The fourth-order valence-electron chi connectivity index (χ4n) is 3.70. The second-order valence-corrected chi connectivity index (χ2v) is 9.45. The molecule has 32 heavy (non-hydrogen) atoms. The van der Waals surface area contributed by atoms with E-state index in [1.165, 1.54) is 44.6 Å². The maximum atomic E-state index is 12.6. The molecule has 0 aromatic heterocycles. The van der Waals surface area contributed by atoms with E-state index >= 15 is 0 Å². The van der Waals surface area contributed by atoms with Crippen LogP contribution in [0.15, 0.2) is 60.7 Å². The summed E-state index contributed by atoms with van der Waals surface area (Å²) in [7, 11) is 2.40. The Bertz CT molecular complexity index is 971. The van der Waals surface area contributed by atoms with Crippen LogP contribution in [0.4, 0.5) is 13.2 Å². The first kappa shape index (κ1) is 23.9. The molecule has 1 aliphatic rings. The summed E-state index contributed by atoms with van der Waals surface area (Å²) < 4.78 is 52.4. The molecule has 0 saturated carbocycles. The minimum atomic E-state index is -4.79. The van der Waals surface area contributed by atoms with Gasteiger partial charge in [0.2, 0.25) is 0 Å². The van der Waals surface area contributed by atoms with E-state index in [4.69, 9.17) is 9.47 Å². The van der Waals surface area contributed by atoms with Gasteiger partial charge >= 0.3 is 190 Å². The van der Waals surface area contributed by atoms with Gasteiger partial charge < -0.3 is 0 Å². The first-order valence-electron chi connectivity index (χ1n) is 9.62. The molecule has 3 rings (SSSR count). The van der Waals surface area contributed by atoms with Gasteiger partial charge in [0.15, 0.2) is 0 Å². The summed E-state index contributed by atoms with van der Waals surface area (Å²) >= 11 is 0.0483. The Morgan fingerprint density at radius 1 is 1.00 bits per heavy atom. The number of allylic oxidation sites excluding steroid dienone is 1. The van der Waals surface area contributed by atoms with Crippen molar-refractivity contribution in [2.45, 2.75) is 18.1 Å². The van der Waals surface area contributed by atoms with Crippen LogP contribution in [0.3, 0.4) is 0 Å². The van der Waals surface area contributed by atoms with Crippen LogP contribution >= 0.6 is 0 Å². The summed E-state index contributed by atoms with van der Waals surface area (Å²) in [6, 6.07) is 15.2. The average molecular weight is 513 g/mol. The second kappa shape index (κ2) is 9.79. The fraction of sp³-hybridized carbons (Fsp3) is 0.304. The molecule has 170 valence electrons. The van der Waals surface area contributed by atoms with Crippen LogP contribution in [0.5, 0.6) is 5.75 Å². The summed E-state index contributed by atoms with van der Waals surface area (Å²) in [6.45, 7) is 0. The van der Waals surface area contributed by atoms with Crippen LogP contribution in [-0.4, -0.2) is 47.5 Å². The van der Waals surface area contributed by atoms with Gasteiger partial charge in [-0.3, -0.25) is 0 Å².